The highest BCUT2D eigenvalue weighted by Gasteiger charge is 2.19. The van der Waals surface area contributed by atoms with Crippen molar-refractivity contribution >= 4 is 5.69 Å². The summed E-state index contributed by atoms with van der Waals surface area (Å²) in [4.78, 5) is 13.1. The Morgan fingerprint density at radius 1 is 1.07 bits per heavy atom. The van der Waals surface area contributed by atoms with Crippen LogP contribution in [0.25, 0.3) is 0 Å². The van der Waals surface area contributed by atoms with Crippen LogP contribution in [0.3, 0.4) is 0 Å². The molecule has 0 spiro atoms. The third-order valence-electron chi connectivity index (χ3n) is 5.42. The van der Waals surface area contributed by atoms with Crippen LogP contribution >= 0.6 is 0 Å². The van der Waals surface area contributed by atoms with Gasteiger partial charge in [-0.15, -0.1) is 0 Å². The van der Waals surface area contributed by atoms with Crippen molar-refractivity contribution in [1.82, 2.24) is 4.90 Å². The number of nitro benzene ring substituents is 1. The summed E-state index contributed by atoms with van der Waals surface area (Å²) in [5.41, 5.74) is 2.36. The molecule has 0 radical (unpaired) electrons. The molecule has 1 fully saturated rings. The average molecular weight is 399 g/mol. The topological polar surface area (TPSA) is 64.8 Å². The Balaban J connectivity index is 1.28. The molecule has 6 heteroatoms. The van der Waals surface area contributed by atoms with Gasteiger partial charge in [-0.1, -0.05) is 36.4 Å². The number of piperidine rings is 1. The smallest absolute Gasteiger partial charge is 0.310 e. The first kappa shape index (κ1) is 21.3. The fourth-order valence-corrected chi connectivity index (χ4v) is 3.76. The standard InChI is InChI=1S/C23H30N2O4/c1-19-7-8-22(25(26)27)23(17-19)29-16-15-28-14-13-24-11-9-21(10-12-24)18-20-5-3-2-4-6-20/h2-8,17,21H,9-16,18H2,1H3. The van der Waals surface area contributed by atoms with Gasteiger partial charge >= 0.3 is 5.69 Å². The molecule has 0 N–H and O–H groups in total. The molecular formula is C23H30N2O4. The summed E-state index contributed by atoms with van der Waals surface area (Å²) in [6.07, 6.45) is 3.64. The van der Waals surface area contributed by atoms with Crippen molar-refractivity contribution in [1.29, 1.82) is 0 Å². The van der Waals surface area contributed by atoms with Gasteiger partial charge in [0.2, 0.25) is 0 Å². The zero-order valence-corrected chi connectivity index (χ0v) is 17.1. The first-order valence-electron chi connectivity index (χ1n) is 10.3. The predicted octanol–water partition coefficient (Wildman–Crippen LogP) is 4.25. The van der Waals surface area contributed by atoms with Crippen molar-refractivity contribution in [3.8, 4) is 5.75 Å². The fourth-order valence-electron chi connectivity index (χ4n) is 3.76. The maximum absolute atomic E-state index is 11.1. The van der Waals surface area contributed by atoms with E-state index in [0.29, 0.717) is 25.6 Å². The summed E-state index contributed by atoms with van der Waals surface area (Å²) in [7, 11) is 0. The molecule has 0 aromatic heterocycles. The predicted molar refractivity (Wildman–Crippen MR) is 113 cm³/mol. The molecule has 2 aromatic carbocycles. The van der Waals surface area contributed by atoms with Crippen LogP contribution in [0.5, 0.6) is 5.75 Å². The van der Waals surface area contributed by atoms with E-state index in [1.807, 2.05) is 6.92 Å². The van der Waals surface area contributed by atoms with Crippen molar-refractivity contribution in [3.63, 3.8) is 0 Å². The molecule has 0 aliphatic carbocycles. The molecular weight excluding hydrogens is 368 g/mol. The van der Waals surface area contributed by atoms with Crippen molar-refractivity contribution in [2.75, 3.05) is 39.5 Å². The van der Waals surface area contributed by atoms with Crippen molar-refractivity contribution in [3.05, 3.63) is 69.8 Å². The molecule has 0 bridgehead atoms. The van der Waals surface area contributed by atoms with E-state index in [1.165, 1.54) is 30.9 Å². The first-order valence-corrected chi connectivity index (χ1v) is 10.3. The largest absolute Gasteiger partial charge is 0.484 e. The Kier molecular flexibility index (Phi) is 8.02. The van der Waals surface area contributed by atoms with Crippen LogP contribution in [-0.4, -0.2) is 49.3 Å². The molecule has 6 nitrogen and oxygen atoms in total. The lowest BCUT2D eigenvalue weighted by Crippen LogP contribution is -2.36. The molecule has 1 heterocycles. The van der Waals surface area contributed by atoms with E-state index < -0.39 is 4.92 Å². The average Bonchev–Trinajstić information content (AvgIpc) is 2.72. The monoisotopic (exact) mass is 398 g/mol. The van der Waals surface area contributed by atoms with Gasteiger partial charge in [-0.25, -0.2) is 0 Å². The summed E-state index contributed by atoms with van der Waals surface area (Å²) in [6.45, 7) is 6.43. The highest BCUT2D eigenvalue weighted by atomic mass is 16.6. The van der Waals surface area contributed by atoms with Gasteiger partial charge in [0.05, 0.1) is 18.1 Å². The Hall–Kier alpha value is -2.44. The van der Waals surface area contributed by atoms with Gasteiger partial charge < -0.3 is 14.4 Å². The molecule has 1 aliphatic rings. The van der Waals surface area contributed by atoms with Gasteiger partial charge in [0.15, 0.2) is 5.75 Å². The maximum Gasteiger partial charge on any atom is 0.310 e. The zero-order chi connectivity index (χ0) is 20.5. The van der Waals surface area contributed by atoms with E-state index in [1.54, 1.807) is 12.1 Å². The van der Waals surface area contributed by atoms with Crippen molar-refractivity contribution in [2.45, 2.75) is 26.2 Å². The van der Waals surface area contributed by atoms with Crippen LogP contribution in [0.15, 0.2) is 48.5 Å². The van der Waals surface area contributed by atoms with E-state index in [0.717, 1.165) is 31.1 Å². The molecule has 156 valence electrons. The SMILES string of the molecule is Cc1ccc([N+](=O)[O-])c(OCCOCCN2CCC(Cc3ccccc3)CC2)c1. The Morgan fingerprint density at radius 3 is 2.55 bits per heavy atom. The van der Waals surface area contributed by atoms with E-state index in [9.17, 15) is 10.1 Å². The van der Waals surface area contributed by atoms with Crippen LogP contribution in [0.1, 0.15) is 24.0 Å². The van der Waals surface area contributed by atoms with Crippen LogP contribution in [0.4, 0.5) is 5.69 Å². The molecule has 0 saturated carbocycles. The number of ether oxygens (including phenoxy) is 2. The summed E-state index contributed by atoms with van der Waals surface area (Å²) in [5, 5.41) is 11.1. The van der Waals surface area contributed by atoms with E-state index in [2.05, 4.69) is 35.2 Å². The minimum atomic E-state index is -0.420. The van der Waals surface area contributed by atoms with Crippen molar-refractivity contribution in [2.24, 2.45) is 5.92 Å². The van der Waals surface area contributed by atoms with Gasteiger partial charge in [-0.05, 0) is 62.4 Å². The molecule has 0 amide bonds. The fraction of sp³-hybridized carbons (Fsp3) is 0.478. The summed E-state index contributed by atoms with van der Waals surface area (Å²) < 4.78 is 11.2. The summed E-state index contributed by atoms with van der Waals surface area (Å²) in [5.74, 6) is 1.08. The normalized spacial score (nSPS) is 15.3. The second-order valence-electron chi connectivity index (χ2n) is 7.66. The highest BCUT2D eigenvalue weighted by molar-refractivity contribution is 5.48. The Morgan fingerprint density at radius 2 is 1.83 bits per heavy atom. The lowest BCUT2D eigenvalue weighted by atomic mass is 9.90. The second-order valence-corrected chi connectivity index (χ2v) is 7.66. The number of aryl methyl sites for hydroxylation is 1. The van der Waals surface area contributed by atoms with Gasteiger partial charge in [-0.3, -0.25) is 10.1 Å². The van der Waals surface area contributed by atoms with E-state index in [4.69, 9.17) is 9.47 Å². The number of rotatable bonds is 10. The third kappa shape index (κ3) is 6.84. The molecule has 2 aromatic rings. The van der Waals surface area contributed by atoms with Gasteiger partial charge in [0.25, 0.3) is 0 Å². The molecule has 3 rings (SSSR count). The number of nitrogens with zero attached hydrogens (tertiary/aromatic N) is 2. The second kappa shape index (κ2) is 10.9. The summed E-state index contributed by atoms with van der Waals surface area (Å²) >= 11 is 0. The number of hydrogen-bond acceptors (Lipinski definition) is 5. The molecule has 1 aliphatic heterocycles. The third-order valence-corrected chi connectivity index (χ3v) is 5.42. The lowest BCUT2D eigenvalue weighted by Gasteiger charge is -2.31. The van der Waals surface area contributed by atoms with Gasteiger partial charge in [-0.2, -0.15) is 0 Å². The minimum absolute atomic E-state index is 0.00558. The number of nitro groups is 1. The van der Waals surface area contributed by atoms with Crippen LogP contribution in [0.2, 0.25) is 0 Å². The molecule has 1 saturated heterocycles. The van der Waals surface area contributed by atoms with Gasteiger partial charge in [0.1, 0.15) is 6.61 Å². The van der Waals surface area contributed by atoms with Gasteiger partial charge in [0, 0.05) is 12.6 Å². The molecule has 29 heavy (non-hydrogen) atoms. The van der Waals surface area contributed by atoms with E-state index >= 15 is 0 Å². The van der Waals surface area contributed by atoms with E-state index in [-0.39, 0.29) is 5.69 Å². The molecule has 0 unspecified atom stereocenters. The number of hydrogen-bond donors (Lipinski definition) is 0. The first-order chi connectivity index (χ1) is 14.1. The molecule has 0 atom stereocenters. The van der Waals surface area contributed by atoms with Crippen LogP contribution < -0.4 is 4.74 Å². The minimum Gasteiger partial charge on any atom is -0.484 e. The van der Waals surface area contributed by atoms with Crippen molar-refractivity contribution < 1.29 is 14.4 Å². The Labute approximate surface area is 172 Å². The Bertz CT molecular complexity index is 774. The highest BCUT2D eigenvalue weighted by Crippen LogP contribution is 2.27. The summed E-state index contributed by atoms with van der Waals surface area (Å²) in [6, 6.07) is 15.6. The lowest BCUT2D eigenvalue weighted by molar-refractivity contribution is -0.385. The zero-order valence-electron chi connectivity index (χ0n) is 17.1. The quantitative estimate of drug-likeness (QED) is 0.340. The van der Waals surface area contributed by atoms with Crippen LogP contribution in [-0.2, 0) is 11.2 Å². The number of benzene rings is 2. The maximum atomic E-state index is 11.1. The number of likely N-dealkylation sites (tertiary alicyclic amines) is 1. The van der Waals surface area contributed by atoms with Crippen LogP contribution in [0, 0.1) is 23.0 Å².